The van der Waals surface area contributed by atoms with Crippen molar-refractivity contribution < 1.29 is 9.53 Å². The van der Waals surface area contributed by atoms with Gasteiger partial charge < -0.3 is 4.74 Å². The van der Waals surface area contributed by atoms with Crippen LogP contribution >= 0.6 is 0 Å². The maximum absolute atomic E-state index is 13.0. The molecule has 1 aliphatic rings. The van der Waals surface area contributed by atoms with Crippen molar-refractivity contribution in [3.05, 3.63) is 0 Å². The highest BCUT2D eigenvalue weighted by molar-refractivity contribution is 5.77. The normalized spacial score (nSPS) is 21.6. The van der Waals surface area contributed by atoms with Crippen LogP contribution in [0, 0.1) is 22.7 Å². The molecule has 0 spiro atoms. The van der Waals surface area contributed by atoms with Crippen LogP contribution in [0.2, 0.25) is 0 Å². The maximum atomic E-state index is 13.0. The maximum Gasteiger partial charge on any atom is 0.312 e. The Hall–Kier alpha value is -0.530. The van der Waals surface area contributed by atoms with Gasteiger partial charge in [-0.25, -0.2) is 0 Å². The van der Waals surface area contributed by atoms with E-state index in [4.69, 9.17) is 4.74 Å². The van der Waals surface area contributed by atoms with Gasteiger partial charge in [0.1, 0.15) is 5.60 Å². The predicted molar refractivity (Wildman–Crippen MR) is 89.1 cm³/mol. The highest BCUT2D eigenvalue weighted by Gasteiger charge is 2.50. The summed E-state index contributed by atoms with van der Waals surface area (Å²) in [6.07, 6.45) is 5.26. The fourth-order valence-electron chi connectivity index (χ4n) is 3.65. The molecule has 124 valence electrons. The lowest BCUT2D eigenvalue weighted by Crippen LogP contribution is -2.49. The molecule has 1 fully saturated rings. The number of carbonyl (C=O) groups excluding carboxylic acids is 1. The lowest BCUT2D eigenvalue weighted by Gasteiger charge is -2.44. The van der Waals surface area contributed by atoms with Crippen LogP contribution in [0.5, 0.6) is 0 Å². The second-order valence-electron chi connectivity index (χ2n) is 9.01. The minimum Gasteiger partial charge on any atom is -0.458 e. The van der Waals surface area contributed by atoms with Gasteiger partial charge in [-0.15, -0.1) is 0 Å². The molecule has 1 rings (SSSR count). The molecule has 1 aliphatic carbocycles. The quantitative estimate of drug-likeness (QED) is 0.617. The summed E-state index contributed by atoms with van der Waals surface area (Å²) in [6, 6.07) is 0. The second-order valence-corrected chi connectivity index (χ2v) is 9.01. The molecule has 0 amide bonds. The van der Waals surface area contributed by atoms with Gasteiger partial charge in [0.15, 0.2) is 0 Å². The van der Waals surface area contributed by atoms with E-state index in [0.717, 1.165) is 19.3 Å². The average molecular weight is 296 g/mol. The van der Waals surface area contributed by atoms with Gasteiger partial charge in [-0.3, -0.25) is 4.79 Å². The van der Waals surface area contributed by atoms with E-state index in [1.165, 1.54) is 12.8 Å². The Morgan fingerprint density at radius 3 is 1.86 bits per heavy atom. The van der Waals surface area contributed by atoms with Crippen LogP contribution < -0.4 is 0 Å². The Labute approximate surface area is 132 Å². The summed E-state index contributed by atoms with van der Waals surface area (Å²) in [6.45, 7) is 17.4. The van der Waals surface area contributed by atoms with Crippen molar-refractivity contribution in [1.82, 2.24) is 0 Å². The summed E-state index contributed by atoms with van der Waals surface area (Å²) >= 11 is 0. The van der Waals surface area contributed by atoms with E-state index in [1.807, 2.05) is 0 Å². The SMILES string of the molecule is CC(C)CC(C)(C(=O)OC1(C(C)(C)C)CCCC1)C(C)C. The van der Waals surface area contributed by atoms with E-state index in [1.54, 1.807) is 0 Å². The van der Waals surface area contributed by atoms with Gasteiger partial charge in [0.25, 0.3) is 0 Å². The molecular formula is C19H36O2. The number of carbonyl (C=O) groups is 1. The largest absolute Gasteiger partial charge is 0.458 e. The second kappa shape index (κ2) is 6.30. The first-order valence-corrected chi connectivity index (χ1v) is 8.68. The number of ether oxygens (including phenoxy) is 1. The average Bonchev–Trinajstić information content (AvgIpc) is 2.76. The van der Waals surface area contributed by atoms with Crippen molar-refractivity contribution in [2.75, 3.05) is 0 Å². The molecule has 0 aliphatic heterocycles. The Morgan fingerprint density at radius 2 is 1.52 bits per heavy atom. The zero-order valence-corrected chi connectivity index (χ0v) is 15.5. The summed E-state index contributed by atoms with van der Waals surface area (Å²) in [4.78, 5) is 13.0. The van der Waals surface area contributed by atoms with Gasteiger partial charge in [0.2, 0.25) is 0 Å². The van der Waals surface area contributed by atoms with Crippen LogP contribution in [0.4, 0.5) is 0 Å². The van der Waals surface area contributed by atoms with E-state index in [2.05, 4.69) is 55.4 Å². The van der Waals surface area contributed by atoms with Crippen molar-refractivity contribution in [2.24, 2.45) is 22.7 Å². The van der Waals surface area contributed by atoms with Gasteiger partial charge in [-0.1, -0.05) is 48.5 Å². The number of hydrogen-bond acceptors (Lipinski definition) is 2. The first kappa shape index (κ1) is 18.5. The molecule has 0 heterocycles. The van der Waals surface area contributed by atoms with Crippen LogP contribution in [0.25, 0.3) is 0 Å². The molecule has 0 N–H and O–H groups in total. The van der Waals surface area contributed by atoms with Crippen LogP contribution in [0.15, 0.2) is 0 Å². The smallest absolute Gasteiger partial charge is 0.312 e. The Kier molecular flexibility index (Phi) is 5.56. The van der Waals surface area contributed by atoms with Crippen LogP contribution in [0.3, 0.4) is 0 Å². The monoisotopic (exact) mass is 296 g/mol. The topological polar surface area (TPSA) is 26.3 Å². The fourth-order valence-corrected chi connectivity index (χ4v) is 3.65. The van der Waals surface area contributed by atoms with Crippen LogP contribution in [0.1, 0.15) is 87.5 Å². The lowest BCUT2D eigenvalue weighted by atomic mass is 9.71. The van der Waals surface area contributed by atoms with Crippen molar-refractivity contribution in [3.8, 4) is 0 Å². The van der Waals surface area contributed by atoms with E-state index < -0.39 is 0 Å². The minimum atomic E-state index is -0.380. The molecule has 0 saturated heterocycles. The van der Waals surface area contributed by atoms with Crippen molar-refractivity contribution in [3.63, 3.8) is 0 Å². The van der Waals surface area contributed by atoms with E-state index in [-0.39, 0.29) is 22.4 Å². The van der Waals surface area contributed by atoms with Gasteiger partial charge in [-0.2, -0.15) is 0 Å². The molecule has 1 saturated carbocycles. The van der Waals surface area contributed by atoms with Gasteiger partial charge in [0.05, 0.1) is 5.41 Å². The molecule has 1 atom stereocenters. The Morgan fingerprint density at radius 1 is 1.05 bits per heavy atom. The third-order valence-corrected chi connectivity index (χ3v) is 5.64. The summed E-state index contributed by atoms with van der Waals surface area (Å²) in [5, 5.41) is 0. The molecule has 0 aromatic carbocycles. The number of rotatable bonds is 5. The highest BCUT2D eigenvalue weighted by Crippen LogP contribution is 2.48. The molecular weight excluding hydrogens is 260 g/mol. The summed E-state index contributed by atoms with van der Waals surface area (Å²) < 4.78 is 6.25. The fraction of sp³-hybridized carbons (Fsp3) is 0.947. The van der Waals surface area contributed by atoms with Gasteiger partial charge in [-0.05, 0) is 50.9 Å². The highest BCUT2D eigenvalue weighted by atomic mass is 16.6. The molecule has 2 heteroatoms. The molecule has 0 aromatic rings. The minimum absolute atomic E-state index is 0.00881. The van der Waals surface area contributed by atoms with E-state index in [0.29, 0.717) is 11.8 Å². The van der Waals surface area contributed by atoms with Crippen molar-refractivity contribution in [2.45, 2.75) is 93.1 Å². The Bertz CT molecular complexity index is 356. The van der Waals surface area contributed by atoms with Crippen molar-refractivity contribution in [1.29, 1.82) is 0 Å². The third kappa shape index (κ3) is 3.81. The summed E-state index contributed by atoms with van der Waals surface area (Å²) in [7, 11) is 0. The van der Waals surface area contributed by atoms with Crippen LogP contribution in [-0.2, 0) is 9.53 Å². The zero-order valence-electron chi connectivity index (χ0n) is 15.5. The third-order valence-electron chi connectivity index (χ3n) is 5.64. The first-order valence-electron chi connectivity index (χ1n) is 8.68. The Balaban J connectivity index is 3.00. The van der Waals surface area contributed by atoms with E-state index >= 15 is 0 Å². The zero-order chi connectivity index (χ0) is 16.5. The molecule has 0 aromatic heterocycles. The molecule has 0 bridgehead atoms. The predicted octanol–water partition coefficient (Wildman–Crippen LogP) is 5.60. The van der Waals surface area contributed by atoms with Crippen molar-refractivity contribution >= 4 is 5.97 Å². The molecule has 21 heavy (non-hydrogen) atoms. The molecule has 2 nitrogen and oxygen atoms in total. The number of hydrogen-bond donors (Lipinski definition) is 0. The first-order chi connectivity index (χ1) is 9.44. The number of esters is 1. The molecule has 0 radical (unpaired) electrons. The van der Waals surface area contributed by atoms with Crippen LogP contribution in [-0.4, -0.2) is 11.6 Å². The summed E-state index contributed by atoms with van der Waals surface area (Å²) in [5.74, 6) is 0.813. The standard InChI is InChI=1S/C19H36O2/c1-14(2)13-18(8,15(3)4)16(20)21-19(17(5,6)7)11-9-10-12-19/h14-15H,9-13H2,1-8H3. The van der Waals surface area contributed by atoms with Gasteiger partial charge >= 0.3 is 5.97 Å². The molecule has 1 unspecified atom stereocenters. The van der Waals surface area contributed by atoms with E-state index in [9.17, 15) is 4.79 Å². The van der Waals surface area contributed by atoms with Gasteiger partial charge in [0, 0.05) is 5.41 Å². The summed E-state index contributed by atoms with van der Waals surface area (Å²) in [5.41, 5.74) is -0.638. The lowest BCUT2D eigenvalue weighted by molar-refractivity contribution is -0.187.